The summed E-state index contributed by atoms with van der Waals surface area (Å²) in [6.07, 6.45) is 2.53. The Morgan fingerprint density at radius 3 is 2.18 bits per heavy atom. The van der Waals surface area contributed by atoms with E-state index in [1.165, 1.54) is 25.3 Å². The summed E-state index contributed by atoms with van der Waals surface area (Å²) in [4.78, 5) is 10.7. The predicted octanol–water partition coefficient (Wildman–Crippen LogP) is -1.07. The third-order valence-electron chi connectivity index (χ3n) is 1.93. The molecule has 7 heteroatoms. The number of carbonyl (C=O) groups excluding carboxylic acids is 1. The standard InChI is InChI=1S/C10H9BF3O2.K/c1-16-10(15)7-4-8-2-5-9(6-3-8)11(12,13)14;/h2-7H,1H3;/q-1;+1/b7-4+;. The average molecular weight is 268 g/mol. The topological polar surface area (TPSA) is 26.3 Å². The number of ether oxygens (including phenoxy) is 1. The van der Waals surface area contributed by atoms with Gasteiger partial charge in [-0.15, -0.1) is 5.46 Å². The first kappa shape index (κ1) is 16.9. The van der Waals surface area contributed by atoms with Crippen molar-refractivity contribution in [1.29, 1.82) is 0 Å². The van der Waals surface area contributed by atoms with E-state index in [-0.39, 0.29) is 51.4 Å². The van der Waals surface area contributed by atoms with E-state index in [2.05, 4.69) is 4.74 Å². The second kappa shape index (κ2) is 7.38. The molecule has 1 rings (SSSR count). The van der Waals surface area contributed by atoms with Gasteiger partial charge in [0.25, 0.3) is 0 Å². The Morgan fingerprint density at radius 1 is 1.24 bits per heavy atom. The second-order valence-electron chi connectivity index (χ2n) is 3.10. The number of rotatable bonds is 3. The average Bonchev–Trinajstić information content (AvgIpc) is 2.25. The fourth-order valence-electron chi connectivity index (χ4n) is 1.06. The zero-order chi connectivity index (χ0) is 12.2. The summed E-state index contributed by atoms with van der Waals surface area (Å²) in [5, 5.41) is 0. The second-order valence-corrected chi connectivity index (χ2v) is 3.10. The molecule has 0 N–H and O–H groups in total. The summed E-state index contributed by atoms with van der Waals surface area (Å²) in [5.41, 5.74) is -0.149. The van der Waals surface area contributed by atoms with Gasteiger partial charge < -0.3 is 17.7 Å². The Bertz CT molecular complexity index is 401. The van der Waals surface area contributed by atoms with E-state index in [9.17, 15) is 17.7 Å². The third kappa shape index (κ3) is 5.87. The van der Waals surface area contributed by atoms with Gasteiger partial charge in [0.15, 0.2) is 0 Å². The SMILES string of the molecule is COC(=O)/C=C/c1ccc([B-](F)(F)F)cc1.[K+]. The molecular weight excluding hydrogens is 259 g/mol. The quantitative estimate of drug-likeness (QED) is 0.396. The van der Waals surface area contributed by atoms with Crippen molar-refractivity contribution in [2.75, 3.05) is 7.11 Å². The Morgan fingerprint density at radius 2 is 1.76 bits per heavy atom. The summed E-state index contributed by atoms with van der Waals surface area (Å²) in [6, 6.07) is 4.56. The summed E-state index contributed by atoms with van der Waals surface area (Å²) in [7, 11) is 1.22. The fraction of sp³-hybridized carbons (Fsp3) is 0.100. The maximum Gasteiger partial charge on any atom is 1.00 e. The molecule has 0 aliphatic carbocycles. The van der Waals surface area contributed by atoms with Crippen LogP contribution in [0.4, 0.5) is 12.9 Å². The van der Waals surface area contributed by atoms with E-state index in [1.807, 2.05) is 0 Å². The number of hydrogen-bond donors (Lipinski definition) is 0. The maximum absolute atomic E-state index is 12.3. The van der Waals surface area contributed by atoms with E-state index >= 15 is 0 Å². The van der Waals surface area contributed by atoms with Crippen molar-refractivity contribution in [2.45, 2.75) is 0 Å². The van der Waals surface area contributed by atoms with Gasteiger partial charge in [-0.05, 0) is 11.6 Å². The molecule has 0 unspecified atom stereocenters. The largest absolute Gasteiger partial charge is 1.00 e. The van der Waals surface area contributed by atoms with Crippen molar-refractivity contribution >= 4 is 24.5 Å². The van der Waals surface area contributed by atoms with Gasteiger partial charge in [0.1, 0.15) is 0 Å². The zero-order valence-corrected chi connectivity index (χ0v) is 12.6. The Hall–Kier alpha value is -0.0787. The summed E-state index contributed by atoms with van der Waals surface area (Å²) >= 11 is 0. The van der Waals surface area contributed by atoms with Crippen LogP contribution in [0.2, 0.25) is 0 Å². The first-order valence-electron chi connectivity index (χ1n) is 4.49. The van der Waals surface area contributed by atoms with E-state index in [0.29, 0.717) is 5.56 Å². The molecule has 0 spiro atoms. The van der Waals surface area contributed by atoms with Crippen molar-refractivity contribution in [2.24, 2.45) is 0 Å². The van der Waals surface area contributed by atoms with Crippen molar-refractivity contribution in [3.8, 4) is 0 Å². The van der Waals surface area contributed by atoms with Gasteiger partial charge in [-0.1, -0.05) is 24.3 Å². The fourth-order valence-corrected chi connectivity index (χ4v) is 1.06. The number of carbonyl (C=O) groups is 1. The molecule has 0 aliphatic heterocycles. The van der Waals surface area contributed by atoms with Crippen LogP contribution in [0.25, 0.3) is 6.08 Å². The van der Waals surface area contributed by atoms with Gasteiger partial charge in [0.2, 0.25) is 0 Å². The molecule has 0 amide bonds. The minimum atomic E-state index is -4.96. The Labute approximate surface area is 140 Å². The van der Waals surface area contributed by atoms with E-state index in [1.54, 1.807) is 0 Å². The maximum atomic E-state index is 12.3. The van der Waals surface area contributed by atoms with Crippen molar-refractivity contribution in [3.05, 3.63) is 35.9 Å². The first-order chi connectivity index (χ1) is 7.43. The van der Waals surface area contributed by atoms with E-state index in [0.717, 1.165) is 18.2 Å². The summed E-state index contributed by atoms with van der Waals surface area (Å²) in [6.45, 7) is -4.96. The molecule has 0 aliphatic rings. The molecule has 0 saturated carbocycles. The van der Waals surface area contributed by atoms with Crippen LogP contribution < -0.4 is 56.8 Å². The van der Waals surface area contributed by atoms with E-state index < -0.39 is 18.4 Å². The Kier molecular flexibility index (Phi) is 7.34. The molecule has 0 aromatic heterocycles. The zero-order valence-electron chi connectivity index (χ0n) is 9.49. The molecule has 0 heterocycles. The Balaban J connectivity index is 0.00000256. The van der Waals surface area contributed by atoms with Gasteiger partial charge in [-0.2, -0.15) is 0 Å². The molecule has 17 heavy (non-hydrogen) atoms. The molecule has 0 bridgehead atoms. The molecule has 0 fully saturated rings. The van der Waals surface area contributed by atoms with Crippen molar-refractivity contribution in [3.63, 3.8) is 0 Å². The smallest absolute Gasteiger partial charge is 0.466 e. The molecule has 0 saturated heterocycles. The number of benzene rings is 1. The van der Waals surface area contributed by atoms with Crippen LogP contribution in [0.15, 0.2) is 30.3 Å². The van der Waals surface area contributed by atoms with Gasteiger partial charge in [-0.3, -0.25) is 0 Å². The van der Waals surface area contributed by atoms with Gasteiger partial charge >= 0.3 is 64.3 Å². The molecule has 0 radical (unpaired) electrons. The summed E-state index contributed by atoms with van der Waals surface area (Å²) < 4.78 is 41.1. The number of halogens is 3. The first-order valence-corrected chi connectivity index (χ1v) is 4.49. The van der Waals surface area contributed by atoms with Crippen LogP contribution in [0.3, 0.4) is 0 Å². The minimum Gasteiger partial charge on any atom is -0.466 e. The molecule has 0 atom stereocenters. The van der Waals surface area contributed by atoms with Crippen LogP contribution in [0, 0.1) is 0 Å². The molecular formula is C10H9BF3KO2. The van der Waals surface area contributed by atoms with Crippen LogP contribution in [-0.4, -0.2) is 20.1 Å². The monoisotopic (exact) mass is 268 g/mol. The van der Waals surface area contributed by atoms with Crippen molar-refractivity contribution < 1.29 is 73.9 Å². The summed E-state index contributed by atoms with van der Waals surface area (Å²) in [5.74, 6) is -0.552. The molecule has 2 nitrogen and oxygen atoms in total. The van der Waals surface area contributed by atoms with Crippen LogP contribution in [0.5, 0.6) is 0 Å². The normalized spacial score (nSPS) is 11.1. The van der Waals surface area contributed by atoms with Crippen LogP contribution in [-0.2, 0) is 9.53 Å². The molecule has 86 valence electrons. The molecule has 1 aromatic rings. The van der Waals surface area contributed by atoms with Gasteiger partial charge in [0.05, 0.1) is 7.11 Å². The van der Waals surface area contributed by atoms with E-state index in [4.69, 9.17) is 0 Å². The third-order valence-corrected chi connectivity index (χ3v) is 1.93. The van der Waals surface area contributed by atoms with Crippen molar-refractivity contribution in [1.82, 2.24) is 0 Å². The number of hydrogen-bond acceptors (Lipinski definition) is 2. The van der Waals surface area contributed by atoms with Crippen LogP contribution >= 0.6 is 0 Å². The number of methoxy groups -OCH3 is 1. The predicted molar refractivity (Wildman–Crippen MR) is 56.2 cm³/mol. The van der Waals surface area contributed by atoms with Crippen LogP contribution in [0.1, 0.15) is 5.56 Å². The molecule has 1 aromatic carbocycles. The van der Waals surface area contributed by atoms with Gasteiger partial charge in [0, 0.05) is 6.08 Å². The van der Waals surface area contributed by atoms with Gasteiger partial charge in [-0.25, -0.2) is 4.79 Å². The number of esters is 1. The minimum absolute atomic E-state index is 0.